The largest absolute Gasteiger partial charge is 0.452 e. The van der Waals surface area contributed by atoms with Gasteiger partial charge in [0.15, 0.2) is 10.2 Å². The number of hydrogen-bond acceptors (Lipinski definition) is 5. The third-order valence-corrected chi connectivity index (χ3v) is 7.79. The number of nitrogens with one attached hydrogen (secondary N) is 2. The van der Waals surface area contributed by atoms with E-state index in [0.717, 1.165) is 38.4 Å². The number of halogens is 1. The second-order valence-electron chi connectivity index (χ2n) is 9.35. The minimum atomic E-state index is -0.271. The van der Waals surface area contributed by atoms with E-state index in [2.05, 4.69) is 20.5 Å². The standard InChI is InChI=1S/C29H27ClN4O2S2/c1-17(2)28(35)32-22-12-9-20(16-18(22)3)34-27(26(33-29(34)37)23-6-4-5-15-31-23)24-13-14-25(36-24)38-21-10-7-19(30)8-11-21/h4-17,26-27H,1-3H3,(H,32,35)(H,33,37)/t26-,27-/m0/s1. The normalized spacial score (nSPS) is 17.1. The predicted octanol–water partition coefficient (Wildman–Crippen LogP) is 7.56. The van der Waals surface area contributed by atoms with E-state index in [-0.39, 0.29) is 23.9 Å². The molecule has 2 atom stereocenters. The molecule has 3 heterocycles. The highest BCUT2D eigenvalue weighted by molar-refractivity contribution is 7.99. The number of aryl methyl sites for hydroxylation is 1. The Bertz CT molecular complexity index is 1460. The van der Waals surface area contributed by atoms with Crippen molar-refractivity contribution in [1.82, 2.24) is 10.3 Å². The van der Waals surface area contributed by atoms with Gasteiger partial charge in [-0.25, -0.2) is 0 Å². The zero-order valence-electron chi connectivity index (χ0n) is 21.1. The number of carbonyl (C=O) groups excluding carboxylic acids is 1. The van der Waals surface area contributed by atoms with E-state index in [1.165, 1.54) is 11.8 Å². The lowest BCUT2D eigenvalue weighted by molar-refractivity contribution is -0.118. The van der Waals surface area contributed by atoms with Crippen LogP contribution in [0.15, 0.2) is 93.4 Å². The fraction of sp³-hybridized carbons (Fsp3) is 0.207. The Morgan fingerprint density at radius 3 is 2.61 bits per heavy atom. The van der Waals surface area contributed by atoms with E-state index in [1.807, 2.05) is 93.6 Å². The number of pyridine rings is 1. The van der Waals surface area contributed by atoms with Crippen molar-refractivity contribution in [2.24, 2.45) is 5.92 Å². The summed E-state index contributed by atoms with van der Waals surface area (Å²) in [6, 6.07) is 22.9. The van der Waals surface area contributed by atoms with Crippen molar-refractivity contribution in [3.05, 3.63) is 101 Å². The van der Waals surface area contributed by atoms with E-state index < -0.39 is 0 Å². The van der Waals surface area contributed by atoms with Gasteiger partial charge < -0.3 is 20.0 Å². The first-order valence-electron chi connectivity index (χ1n) is 12.3. The number of rotatable bonds is 7. The number of nitrogens with zero attached hydrogens (tertiary/aromatic N) is 2. The summed E-state index contributed by atoms with van der Waals surface area (Å²) < 4.78 is 6.39. The average Bonchev–Trinajstić information content (AvgIpc) is 3.51. The van der Waals surface area contributed by atoms with Gasteiger partial charge in [-0.1, -0.05) is 43.3 Å². The van der Waals surface area contributed by atoms with Gasteiger partial charge in [0.1, 0.15) is 11.8 Å². The Morgan fingerprint density at radius 2 is 1.92 bits per heavy atom. The molecule has 0 radical (unpaired) electrons. The number of anilines is 2. The molecule has 9 heteroatoms. The maximum atomic E-state index is 12.3. The van der Waals surface area contributed by atoms with Crippen LogP contribution >= 0.6 is 35.6 Å². The summed E-state index contributed by atoms with van der Waals surface area (Å²) in [6.07, 6.45) is 1.78. The number of carbonyl (C=O) groups is 1. The average molecular weight is 563 g/mol. The molecular weight excluding hydrogens is 536 g/mol. The maximum absolute atomic E-state index is 12.3. The zero-order valence-corrected chi connectivity index (χ0v) is 23.5. The highest BCUT2D eigenvalue weighted by atomic mass is 35.5. The van der Waals surface area contributed by atoms with Crippen LogP contribution in [0.4, 0.5) is 11.4 Å². The van der Waals surface area contributed by atoms with Gasteiger partial charge in [-0.2, -0.15) is 0 Å². The molecule has 194 valence electrons. The van der Waals surface area contributed by atoms with Crippen LogP contribution in [0.1, 0.15) is 42.9 Å². The highest BCUT2D eigenvalue weighted by Gasteiger charge is 2.42. The molecule has 1 aliphatic rings. The SMILES string of the molecule is Cc1cc(N2C(=S)N[C@@H](c3ccccn3)[C@@H]2c2ccc(Sc3ccc(Cl)cc3)o2)ccc1NC(=O)C(C)C. The van der Waals surface area contributed by atoms with Crippen LogP contribution < -0.4 is 15.5 Å². The molecule has 0 saturated carbocycles. The monoisotopic (exact) mass is 562 g/mol. The van der Waals surface area contributed by atoms with Gasteiger partial charge in [0, 0.05) is 33.4 Å². The van der Waals surface area contributed by atoms with Gasteiger partial charge in [-0.15, -0.1) is 0 Å². The molecule has 2 aromatic carbocycles. The van der Waals surface area contributed by atoms with Crippen molar-refractivity contribution in [2.75, 3.05) is 10.2 Å². The van der Waals surface area contributed by atoms with Gasteiger partial charge in [-0.3, -0.25) is 9.78 Å². The molecule has 38 heavy (non-hydrogen) atoms. The zero-order chi connectivity index (χ0) is 26.8. The van der Waals surface area contributed by atoms with Gasteiger partial charge in [0.2, 0.25) is 5.91 Å². The topological polar surface area (TPSA) is 70.4 Å². The van der Waals surface area contributed by atoms with Gasteiger partial charge in [0.05, 0.1) is 11.7 Å². The van der Waals surface area contributed by atoms with Gasteiger partial charge in [-0.05, 0) is 91.4 Å². The minimum Gasteiger partial charge on any atom is -0.452 e. The number of benzene rings is 2. The van der Waals surface area contributed by atoms with E-state index in [1.54, 1.807) is 6.20 Å². The first kappa shape index (κ1) is 26.3. The molecule has 1 amide bonds. The number of furan rings is 1. The van der Waals surface area contributed by atoms with Crippen LogP contribution in [0.5, 0.6) is 0 Å². The summed E-state index contributed by atoms with van der Waals surface area (Å²) >= 11 is 13.4. The Labute approximate surface area is 236 Å². The molecule has 2 aromatic heterocycles. The summed E-state index contributed by atoms with van der Waals surface area (Å²) in [7, 11) is 0. The Morgan fingerprint density at radius 1 is 1.13 bits per heavy atom. The third-order valence-electron chi connectivity index (χ3n) is 6.29. The summed E-state index contributed by atoms with van der Waals surface area (Å²) in [5.74, 6) is 0.639. The van der Waals surface area contributed by atoms with Crippen LogP contribution in [-0.2, 0) is 4.79 Å². The lowest BCUT2D eigenvalue weighted by atomic mass is 10.0. The van der Waals surface area contributed by atoms with Crippen molar-refractivity contribution >= 4 is 58.0 Å². The first-order chi connectivity index (χ1) is 18.3. The maximum Gasteiger partial charge on any atom is 0.226 e. The number of hydrogen-bond donors (Lipinski definition) is 2. The van der Waals surface area contributed by atoms with E-state index in [4.69, 9.17) is 28.2 Å². The molecular formula is C29H27ClN4O2S2. The molecule has 1 saturated heterocycles. The van der Waals surface area contributed by atoms with Crippen LogP contribution in [-0.4, -0.2) is 16.0 Å². The van der Waals surface area contributed by atoms with E-state index >= 15 is 0 Å². The van der Waals surface area contributed by atoms with Crippen molar-refractivity contribution < 1.29 is 9.21 Å². The van der Waals surface area contributed by atoms with Crippen LogP contribution in [0.25, 0.3) is 0 Å². The Balaban J connectivity index is 1.49. The summed E-state index contributed by atoms with van der Waals surface area (Å²) in [5.41, 5.74) is 3.48. The molecule has 5 rings (SSSR count). The van der Waals surface area contributed by atoms with Crippen molar-refractivity contribution in [3.63, 3.8) is 0 Å². The van der Waals surface area contributed by atoms with Crippen LogP contribution in [0, 0.1) is 12.8 Å². The second-order valence-corrected chi connectivity index (χ2v) is 11.3. The van der Waals surface area contributed by atoms with Crippen LogP contribution in [0.3, 0.4) is 0 Å². The van der Waals surface area contributed by atoms with Crippen LogP contribution in [0.2, 0.25) is 5.02 Å². The quantitative estimate of drug-likeness (QED) is 0.225. The molecule has 4 aromatic rings. The Kier molecular flexibility index (Phi) is 7.74. The molecule has 0 unspecified atom stereocenters. The smallest absolute Gasteiger partial charge is 0.226 e. The number of amides is 1. The predicted molar refractivity (Wildman–Crippen MR) is 157 cm³/mol. The fourth-order valence-corrected chi connectivity index (χ4v) is 5.55. The number of thiocarbonyl (C=S) groups is 1. The number of aromatic nitrogens is 1. The summed E-state index contributed by atoms with van der Waals surface area (Å²) in [4.78, 5) is 20.0. The lowest BCUT2D eigenvalue weighted by Gasteiger charge is -2.27. The van der Waals surface area contributed by atoms with Crippen molar-refractivity contribution in [2.45, 2.75) is 42.8 Å². The molecule has 0 aliphatic carbocycles. The third kappa shape index (κ3) is 5.57. The molecule has 1 aliphatic heterocycles. The Hall–Kier alpha value is -3.33. The van der Waals surface area contributed by atoms with Crippen molar-refractivity contribution in [3.8, 4) is 0 Å². The summed E-state index contributed by atoms with van der Waals surface area (Å²) in [6.45, 7) is 5.72. The van der Waals surface area contributed by atoms with Crippen molar-refractivity contribution in [1.29, 1.82) is 0 Å². The molecule has 1 fully saturated rings. The van der Waals surface area contributed by atoms with Gasteiger partial charge >= 0.3 is 0 Å². The first-order valence-corrected chi connectivity index (χ1v) is 13.9. The molecule has 0 bridgehead atoms. The fourth-order valence-electron chi connectivity index (χ4n) is 4.30. The molecule has 2 N–H and O–H groups in total. The highest BCUT2D eigenvalue weighted by Crippen LogP contribution is 2.44. The van der Waals surface area contributed by atoms with Gasteiger partial charge in [0.25, 0.3) is 0 Å². The van der Waals surface area contributed by atoms with E-state index in [0.29, 0.717) is 10.1 Å². The van der Waals surface area contributed by atoms with E-state index in [9.17, 15) is 4.79 Å². The second kappa shape index (κ2) is 11.2. The minimum absolute atomic E-state index is 0.0198. The lowest BCUT2D eigenvalue weighted by Crippen LogP contribution is -2.29. The molecule has 6 nitrogen and oxygen atoms in total. The molecule has 0 spiro atoms. The summed E-state index contributed by atoms with van der Waals surface area (Å²) in [5, 5.41) is 8.49.